The molecule has 30 heavy (non-hydrogen) atoms. The van der Waals surface area contributed by atoms with Gasteiger partial charge in [0.2, 0.25) is 17.1 Å². The Balaban J connectivity index is 1.53. The van der Waals surface area contributed by atoms with Crippen LogP contribution in [0.25, 0.3) is 22.0 Å². The summed E-state index contributed by atoms with van der Waals surface area (Å²) in [6.07, 6.45) is 3.06. The molecule has 0 radical (unpaired) electrons. The lowest BCUT2D eigenvalue weighted by atomic mass is 10.2. The van der Waals surface area contributed by atoms with E-state index < -0.39 is 0 Å². The lowest BCUT2D eigenvalue weighted by Gasteiger charge is -2.10. The summed E-state index contributed by atoms with van der Waals surface area (Å²) in [6, 6.07) is 14.1. The normalized spacial score (nSPS) is 11.1. The van der Waals surface area contributed by atoms with E-state index >= 15 is 0 Å². The van der Waals surface area contributed by atoms with Gasteiger partial charge in [0.15, 0.2) is 5.65 Å². The zero-order chi connectivity index (χ0) is 20.7. The topological polar surface area (TPSA) is 92.3 Å². The van der Waals surface area contributed by atoms with Crippen LogP contribution in [0.4, 0.5) is 0 Å². The molecule has 3 heterocycles. The van der Waals surface area contributed by atoms with Gasteiger partial charge in [-0.1, -0.05) is 18.2 Å². The van der Waals surface area contributed by atoms with Gasteiger partial charge >= 0.3 is 0 Å². The van der Waals surface area contributed by atoms with E-state index in [2.05, 4.69) is 15.1 Å². The fourth-order valence-corrected chi connectivity index (χ4v) is 3.19. The Hall–Kier alpha value is -4.20. The molecule has 5 rings (SSSR count). The standard InChI is InChI=1S/C22H16N4O4/c1-13-20(29-14-6-4-3-5-7-14)19(27)16-9-8-15(10-18(16)28-13)30-22-17-11-25-26(2)21(17)23-12-24-22/h3-12H,1-2H3. The molecule has 0 saturated carbocycles. The number of fused-ring (bicyclic) bond motifs is 2. The van der Waals surface area contributed by atoms with Crippen LogP contribution in [0.2, 0.25) is 0 Å². The SMILES string of the molecule is Cc1oc2cc(Oc3ncnc4c3cnn4C)ccc2c(=O)c1Oc1ccccc1. The number of ether oxygens (including phenoxy) is 2. The first-order valence-electron chi connectivity index (χ1n) is 9.21. The van der Waals surface area contributed by atoms with Crippen molar-refractivity contribution in [2.24, 2.45) is 7.05 Å². The van der Waals surface area contributed by atoms with Crippen molar-refractivity contribution in [3.05, 3.63) is 77.0 Å². The van der Waals surface area contributed by atoms with Crippen LogP contribution in [0, 0.1) is 6.92 Å². The highest BCUT2D eigenvalue weighted by Crippen LogP contribution is 2.30. The monoisotopic (exact) mass is 400 g/mol. The molecule has 0 N–H and O–H groups in total. The maximum absolute atomic E-state index is 12.9. The maximum atomic E-state index is 12.9. The number of hydrogen-bond acceptors (Lipinski definition) is 7. The van der Waals surface area contributed by atoms with Crippen LogP contribution >= 0.6 is 0 Å². The zero-order valence-electron chi connectivity index (χ0n) is 16.2. The third kappa shape index (κ3) is 3.04. The van der Waals surface area contributed by atoms with Gasteiger partial charge in [0, 0.05) is 13.1 Å². The van der Waals surface area contributed by atoms with Crippen molar-refractivity contribution in [1.29, 1.82) is 0 Å². The summed E-state index contributed by atoms with van der Waals surface area (Å²) in [4.78, 5) is 21.3. The summed E-state index contributed by atoms with van der Waals surface area (Å²) in [5.41, 5.74) is 0.804. The minimum Gasteiger partial charge on any atom is -0.457 e. The summed E-state index contributed by atoms with van der Waals surface area (Å²) >= 11 is 0. The van der Waals surface area contributed by atoms with Gasteiger partial charge in [-0.2, -0.15) is 5.10 Å². The number of rotatable bonds is 4. The Morgan fingerprint density at radius 1 is 0.967 bits per heavy atom. The Bertz CT molecular complexity index is 1440. The van der Waals surface area contributed by atoms with Crippen molar-refractivity contribution in [3.8, 4) is 23.1 Å². The van der Waals surface area contributed by atoms with E-state index in [9.17, 15) is 4.79 Å². The lowest BCUT2D eigenvalue weighted by Crippen LogP contribution is -2.07. The van der Waals surface area contributed by atoms with Gasteiger partial charge in [0.25, 0.3) is 0 Å². The van der Waals surface area contributed by atoms with Gasteiger partial charge in [-0.3, -0.25) is 9.48 Å². The lowest BCUT2D eigenvalue weighted by molar-refractivity contribution is 0.435. The molecule has 8 heteroatoms. The van der Waals surface area contributed by atoms with E-state index in [-0.39, 0.29) is 11.2 Å². The average Bonchev–Trinajstić information content (AvgIpc) is 3.14. The molecule has 0 amide bonds. The largest absolute Gasteiger partial charge is 0.457 e. The van der Waals surface area contributed by atoms with E-state index in [1.54, 1.807) is 55.2 Å². The van der Waals surface area contributed by atoms with E-state index in [1.165, 1.54) is 6.33 Å². The number of benzene rings is 2. The molecule has 0 bridgehead atoms. The second-order valence-electron chi connectivity index (χ2n) is 6.68. The van der Waals surface area contributed by atoms with Crippen LogP contribution in [0.5, 0.6) is 23.1 Å². The number of nitrogens with zero attached hydrogens (tertiary/aromatic N) is 4. The zero-order valence-corrected chi connectivity index (χ0v) is 16.2. The molecule has 0 unspecified atom stereocenters. The van der Waals surface area contributed by atoms with Gasteiger partial charge < -0.3 is 13.9 Å². The summed E-state index contributed by atoms with van der Waals surface area (Å²) in [5.74, 6) is 1.96. The summed E-state index contributed by atoms with van der Waals surface area (Å²) in [7, 11) is 1.79. The average molecular weight is 400 g/mol. The van der Waals surface area contributed by atoms with E-state index in [1.807, 2.05) is 18.2 Å². The molecule has 3 aromatic heterocycles. The van der Waals surface area contributed by atoms with Gasteiger partial charge in [-0.15, -0.1) is 0 Å². The Kier molecular flexibility index (Phi) is 4.17. The summed E-state index contributed by atoms with van der Waals surface area (Å²) in [5, 5.41) is 5.26. The van der Waals surface area contributed by atoms with Gasteiger partial charge in [-0.05, 0) is 31.2 Å². The fourth-order valence-electron chi connectivity index (χ4n) is 3.19. The smallest absolute Gasteiger partial charge is 0.235 e. The number of para-hydroxylation sites is 1. The third-order valence-corrected chi connectivity index (χ3v) is 4.66. The predicted octanol–water partition coefficient (Wildman–Crippen LogP) is 4.36. The molecular weight excluding hydrogens is 384 g/mol. The highest BCUT2D eigenvalue weighted by molar-refractivity contribution is 5.81. The van der Waals surface area contributed by atoms with Gasteiger partial charge in [-0.25, -0.2) is 9.97 Å². The second kappa shape index (κ2) is 7.00. The van der Waals surface area contributed by atoms with Crippen molar-refractivity contribution in [1.82, 2.24) is 19.7 Å². The van der Waals surface area contributed by atoms with Crippen LogP contribution < -0.4 is 14.9 Å². The molecule has 0 spiro atoms. The van der Waals surface area contributed by atoms with Crippen molar-refractivity contribution < 1.29 is 13.9 Å². The first-order chi connectivity index (χ1) is 14.6. The van der Waals surface area contributed by atoms with Crippen molar-refractivity contribution in [3.63, 3.8) is 0 Å². The van der Waals surface area contributed by atoms with Crippen LogP contribution in [-0.2, 0) is 7.05 Å². The van der Waals surface area contributed by atoms with E-state index in [0.717, 1.165) is 0 Å². The molecule has 0 saturated heterocycles. The molecule has 0 atom stereocenters. The van der Waals surface area contributed by atoms with Gasteiger partial charge in [0.1, 0.15) is 34.6 Å². The van der Waals surface area contributed by atoms with Crippen LogP contribution in [0.15, 0.2) is 70.3 Å². The van der Waals surface area contributed by atoms with E-state index in [4.69, 9.17) is 13.9 Å². The van der Waals surface area contributed by atoms with Crippen molar-refractivity contribution in [2.75, 3.05) is 0 Å². The summed E-state index contributed by atoms with van der Waals surface area (Å²) in [6.45, 7) is 1.69. The minimum absolute atomic E-state index is 0.162. The van der Waals surface area contributed by atoms with Crippen molar-refractivity contribution >= 4 is 22.0 Å². The molecular formula is C22H16N4O4. The molecule has 8 nitrogen and oxygen atoms in total. The molecule has 5 aromatic rings. The molecule has 0 fully saturated rings. The molecule has 0 aliphatic carbocycles. The van der Waals surface area contributed by atoms with Crippen LogP contribution in [-0.4, -0.2) is 19.7 Å². The van der Waals surface area contributed by atoms with Crippen LogP contribution in [0.1, 0.15) is 5.76 Å². The summed E-state index contributed by atoms with van der Waals surface area (Å²) < 4.78 is 19.2. The maximum Gasteiger partial charge on any atom is 0.235 e. The molecule has 0 aliphatic rings. The van der Waals surface area contributed by atoms with Gasteiger partial charge in [0.05, 0.1) is 11.6 Å². The highest BCUT2D eigenvalue weighted by Gasteiger charge is 2.16. The Morgan fingerprint density at radius 3 is 2.63 bits per heavy atom. The van der Waals surface area contributed by atoms with E-state index in [0.29, 0.717) is 45.1 Å². The quantitative estimate of drug-likeness (QED) is 0.442. The predicted molar refractivity (Wildman–Crippen MR) is 110 cm³/mol. The molecule has 2 aromatic carbocycles. The number of aryl methyl sites for hydroxylation is 2. The number of aromatic nitrogens is 4. The Labute approximate surface area is 170 Å². The molecule has 148 valence electrons. The highest BCUT2D eigenvalue weighted by atomic mass is 16.5. The fraction of sp³-hybridized carbons (Fsp3) is 0.0909. The molecule has 0 aliphatic heterocycles. The first-order valence-corrected chi connectivity index (χ1v) is 9.21. The first kappa shape index (κ1) is 17.9. The second-order valence-corrected chi connectivity index (χ2v) is 6.68. The van der Waals surface area contributed by atoms with Crippen LogP contribution in [0.3, 0.4) is 0 Å². The number of hydrogen-bond donors (Lipinski definition) is 0. The Morgan fingerprint density at radius 2 is 1.80 bits per heavy atom. The minimum atomic E-state index is -0.249. The third-order valence-electron chi connectivity index (χ3n) is 4.66. The van der Waals surface area contributed by atoms with Crippen molar-refractivity contribution in [2.45, 2.75) is 6.92 Å².